The first-order valence-electron chi connectivity index (χ1n) is 6.87. The molecule has 1 heterocycles. The van der Waals surface area contributed by atoms with Gasteiger partial charge < -0.3 is 10.6 Å². The van der Waals surface area contributed by atoms with E-state index in [0.717, 1.165) is 47.6 Å². The Labute approximate surface area is 122 Å². The van der Waals surface area contributed by atoms with Crippen LogP contribution in [0.2, 0.25) is 0 Å². The minimum absolute atomic E-state index is 0.376. The van der Waals surface area contributed by atoms with E-state index in [1.54, 1.807) is 0 Å². The second kappa shape index (κ2) is 5.15. The second-order valence-electron chi connectivity index (χ2n) is 5.77. The second-order valence-corrected chi connectivity index (χ2v) is 6.69. The molecule has 1 unspecified atom stereocenters. The normalized spacial score (nSPS) is 29.9. The molecule has 1 saturated heterocycles. The van der Waals surface area contributed by atoms with Crippen molar-refractivity contribution in [3.8, 4) is 6.07 Å². The van der Waals surface area contributed by atoms with Gasteiger partial charge >= 0.3 is 0 Å². The maximum Gasteiger partial charge on any atom is 0.101 e. The van der Waals surface area contributed by atoms with Crippen LogP contribution in [0.3, 0.4) is 0 Å². The molecule has 2 fully saturated rings. The van der Waals surface area contributed by atoms with Crippen molar-refractivity contribution < 1.29 is 0 Å². The minimum atomic E-state index is 0.376. The Balaban J connectivity index is 1.83. The third kappa shape index (κ3) is 2.50. The first-order chi connectivity index (χ1) is 9.17. The topological polar surface area (TPSA) is 53.0 Å². The molecule has 0 bridgehead atoms. The Hall–Kier alpha value is -1.05. The van der Waals surface area contributed by atoms with E-state index in [0.29, 0.717) is 12.0 Å². The lowest BCUT2D eigenvalue weighted by Gasteiger charge is -2.27. The molecule has 19 heavy (non-hydrogen) atoms. The zero-order valence-corrected chi connectivity index (χ0v) is 12.4. The third-order valence-corrected chi connectivity index (χ3v) is 5.00. The fourth-order valence-electron chi connectivity index (χ4n) is 3.54. The summed E-state index contributed by atoms with van der Waals surface area (Å²) in [6, 6.07) is 8.66. The largest absolute Gasteiger partial charge is 0.370 e. The molecule has 4 heteroatoms. The van der Waals surface area contributed by atoms with Gasteiger partial charge in [-0.2, -0.15) is 5.26 Å². The van der Waals surface area contributed by atoms with Crippen LogP contribution in [0.1, 0.15) is 24.8 Å². The van der Waals surface area contributed by atoms with Crippen molar-refractivity contribution in [1.82, 2.24) is 0 Å². The SMILES string of the molecule is N#Cc1cc(Br)ccc1N1C[C@H]2CCC(N)C[C@H]2C1. The van der Waals surface area contributed by atoms with E-state index in [2.05, 4.69) is 33.0 Å². The Kier molecular flexibility index (Phi) is 3.51. The molecule has 2 N–H and O–H groups in total. The van der Waals surface area contributed by atoms with E-state index in [-0.39, 0.29) is 0 Å². The van der Waals surface area contributed by atoms with Crippen LogP contribution < -0.4 is 10.6 Å². The van der Waals surface area contributed by atoms with Gasteiger partial charge in [0.15, 0.2) is 0 Å². The molecule has 100 valence electrons. The van der Waals surface area contributed by atoms with Crippen molar-refractivity contribution in [1.29, 1.82) is 5.26 Å². The van der Waals surface area contributed by atoms with Gasteiger partial charge in [0.25, 0.3) is 0 Å². The van der Waals surface area contributed by atoms with Crippen LogP contribution in [0.25, 0.3) is 0 Å². The Morgan fingerprint density at radius 2 is 2.05 bits per heavy atom. The highest BCUT2D eigenvalue weighted by molar-refractivity contribution is 9.10. The number of benzene rings is 1. The zero-order chi connectivity index (χ0) is 13.4. The lowest BCUT2D eigenvalue weighted by Crippen LogP contribution is -2.32. The molecule has 3 nitrogen and oxygen atoms in total. The van der Waals surface area contributed by atoms with Crippen molar-refractivity contribution in [2.24, 2.45) is 17.6 Å². The summed E-state index contributed by atoms with van der Waals surface area (Å²) in [7, 11) is 0. The summed E-state index contributed by atoms with van der Waals surface area (Å²) < 4.78 is 0.964. The predicted molar refractivity (Wildman–Crippen MR) is 79.9 cm³/mol. The first-order valence-corrected chi connectivity index (χ1v) is 7.67. The molecule has 1 aliphatic heterocycles. The van der Waals surface area contributed by atoms with E-state index < -0.39 is 0 Å². The van der Waals surface area contributed by atoms with Crippen molar-refractivity contribution in [3.63, 3.8) is 0 Å². The van der Waals surface area contributed by atoms with Crippen LogP contribution in [0.4, 0.5) is 5.69 Å². The van der Waals surface area contributed by atoms with Crippen molar-refractivity contribution in [2.75, 3.05) is 18.0 Å². The summed E-state index contributed by atoms with van der Waals surface area (Å²) in [6.45, 7) is 2.13. The van der Waals surface area contributed by atoms with Gasteiger partial charge in [-0.1, -0.05) is 15.9 Å². The number of halogens is 1. The van der Waals surface area contributed by atoms with Crippen LogP contribution in [-0.4, -0.2) is 19.1 Å². The van der Waals surface area contributed by atoms with E-state index in [4.69, 9.17) is 5.73 Å². The molecular weight excluding hydrogens is 302 g/mol. The lowest BCUT2D eigenvalue weighted by molar-refractivity contribution is 0.271. The quantitative estimate of drug-likeness (QED) is 0.866. The zero-order valence-electron chi connectivity index (χ0n) is 10.8. The first kappa shape index (κ1) is 13.0. The van der Waals surface area contributed by atoms with E-state index in [1.165, 1.54) is 6.42 Å². The smallest absolute Gasteiger partial charge is 0.101 e. The highest BCUT2D eigenvalue weighted by Crippen LogP contribution is 2.38. The Morgan fingerprint density at radius 1 is 1.26 bits per heavy atom. The highest BCUT2D eigenvalue weighted by atomic mass is 79.9. The molecule has 0 radical (unpaired) electrons. The summed E-state index contributed by atoms with van der Waals surface area (Å²) in [6.07, 6.45) is 3.53. The predicted octanol–water partition coefficient (Wildman–Crippen LogP) is 2.88. The van der Waals surface area contributed by atoms with Crippen molar-refractivity contribution in [2.45, 2.75) is 25.3 Å². The highest BCUT2D eigenvalue weighted by Gasteiger charge is 2.37. The molecule has 0 amide bonds. The fourth-order valence-corrected chi connectivity index (χ4v) is 3.90. The number of rotatable bonds is 1. The van der Waals surface area contributed by atoms with Gasteiger partial charge in [-0.25, -0.2) is 0 Å². The summed E-state index contributed by atoms with van der Waals surface area (Å²) in [5.41, 5.74) is 7.91. The third-order valence-electron chi connectivity index (χ3n) is 4.51. The number of anilines is 1. The molecule has 3 rings (SSSR count). The summed E-state index contributed by atoms with van der Waals surface area (Å²) >= 11 is 3.43. The van der Waals surface area contributed by atoms with Crippen molar-refractivity contribution >= 4 is 21.6 Å². The van der Waals surface area contributed by atoms with Gasteiger partial charge in [-0.15, -0.1) is 0 Å². The maximum atomic E-state index is 9.29. The van der Waals surface area contributed by atoms with Gasteiger partial charge in [0.1, 0.15) is 6.07 Å². The number of hydrogen-bond acceptors (Lipinski definition) is 3. The average molecular weight is 320 g/mol. The van der Waals surface area contributed by atoms with E-state index in [9.17, 15) is 5.26 Å². The Bertz CT molecular complexity index is 523. The van der Waals surface area contributed by atoms with Crippen molar-refractivity contribution in [3.05, 3.63) is 28.2 Å². The van der Waals surface area contributed by atoms with Gasteiger partial charge in [0.05, 0.1) is 11.3 Å². The van der Waals surface area contributed by atoms with E-state index in [1.807, 2.05) is 12.1 Å². The van der Waals surface area contributed by atoms with Crippen LogP contribution in [-0.2, 0) is 0 Å². The molecular formula is C15H18BrN3. The van der Waals surface area contributed by atoms with Crippen LogP contribution in [0.15, 0.2) is 22.7 Å². The average Bonchev–Trinajstić information content (AvgIpc) is 2.81. The number of fused-ring (bicyclic) bond motifs is 1. The molecule has 2 aliphatic rings. The number of nitriles is 1. The lowest BCUT2D eigenvalue weighted by atomic mass is 9.79. The van der Waals surface area contributed by atoms with Gasteiger partial charge in [0, 0.05) is 23.6 Å². The standard InChI is InChI=1S/C15H18BrN3/c16-13-2-4-15(11(5-13)7-17)19-8-10-1-3-14(18)6-12(10)9-19/h2,4-5,10,12,14H,1,3,6,8-9,18H2/t10-,12+,14?/m1/s1. The molecule has 1 aromatic rings. The number of nitrogens with zero attached hydrogens (tertiary/aromatic N) is 2. The van der Waals surface area contributed by atoms with Gasteiger partial charge in [-0.05, 0) is 49.3 Å². The molecule has 1 aromatic carbocycles. The van der Waals surface area contributed by atoms with Crippen LogP contribution >= 0.6 is 15.9 Å². The molecule has 0 spiro atoms. The van der Waals surface area contributed by atoms with Gasteiger partial charge in [0.2, 0.25) is 0 Å². The molecule has 1 saturated carbocycles. The van der Waals surface area contributed by atoms with Crippen LogP contribution in [0.5, 0.6) is 0 Å². The number of hydrogen-bond donors (Lipinski definition) is 1. The summed E-state index contributed by atoms with van der Waals surface area (Å²) in [4.78, 5) is 2.37. The van der Waals surface area contributed by atoms with Gasteiger partial charge in [-0.3, -0.25) is 0 Å². The number of nitrogens with two attached hydrogens (primary N) is 1. The van der Waals surface area contributed by atoms with E-state index >= 15 is 0 Å². The maximum absolute atomic E-state index is 9.29. The monoisotopic (exact) mass is 319 g/mol. The minimum Gasteiger partial charge on any atom is -0.370 e. The molecule has 1 aliphatic carbocycles. The summed E-state index contributed by atoms with van der Waals surface area (Å²) in [5, 5.41) is 9.29. The molecule has 3 atom stereocenters. The Morgan fingerprint density at radius 3 is 2.84 bits per heavy atom. The van der Waals surface area contributed by atoms with Crippen LogP contribution in [0, 0.1) is 23.2 Å². The molecule has 0 aromatic heterocycles. The summed E-state index contributed by atoms with van der Waals surface area (Å²) in [5.74, 6) is 1.47. The fraction of sp³-hybridized carbons (Fsp3) is 0.533.